The zero-order valence-electron chi connectivity index (χ0n) is 22.5. The SMILES string of the molecule is CCN(CC)CCCC(C)Nc1nc(C=Cc2ccc(OCc3ccccc3)cc2)nc2ccc(I)cc12. The minimum Gasteiger partial charge on any atom is -0.489 e. The van der Waals surface area contributed by atoms with Crippen molar-refractivity contribution in [1.82, 2.24) is 14.9 Å². The molecule has 0 saturated heterocycles. The highest BCUT2D eigenvalue weighted by molar-refractivity contribution is 14.1. The quantitative estimate of drug-likeness (QED) is 0.154. The zero-order chi connectivity index (χ0) is 26.7. The standard InChI is InChI=1S/C32H37IN4O/c1-4-37(5-2)21-9-10-24(3)34-32-29-22-27(33)16-19-30(29)35-31(36-32)20-15-25-13-17-28(18-14-25)38-23-26-11-7-6-8-12-26/h6-8,11-20,22,24H,4-5,9-10,21,23H2,1-3H3,(H,34,35,36). The van der Waals surface area contributed by atoms with Crippen LogP contribution < -0.4 is 10.1 Å². The molecule has 1 unspecified atom stereocenters. The fraction of sp³-hybridized carbons (Fsp3) is 0.312. The van der Waals surface area contributed by atoms with Gasteiger partial charge in [-0.1, -0.05) is 62.4 Å². The number of ether oxygens (including phenoxy) is 1. The summed E-state index contributed by atoms with van der Waals surface area (Å²) in [5, 5.41) is 4.73. The summed E-state index contributed by atoms with van der Waals surface area (Å²) in [5.74, 6) is 2.44. The summed E-state index contributed by atoms with van der Waals surface area (Å²) in [6, 6.07) is 24.9. The average molecular weight is 621 g/mol. The Morgan fingerprint density at radius 2 is 1.71 bits per heavy atom. The fourth-order valence-electron chi connectivity index (χ4n) is 4.36. The first-order valence-electron chi connectivity index (χ1n) is 13.4. The van der Waals surface area contributed by atoms with Crippen LogP contribution in [0.1, 0.15) is 50.6 Å². The van der Waals surface area contributed by atoms with Crippen molar-refractivity contribution in [2.45, 2.75) is 46.3 Å². The van der Waals surface area contributed by atoms with Gasteiger partial charge in [-0.3, -0.25) is 0 Å². The molecule has 1 atom stereocenters. The molecule has 0 amide bonds. The molecule has 0 saturated carbocycles. The number of rotatable bonds is 13. The Morgan fingerprint density at radius 3 is 2.45 bits per heavy atom. The number of hydrogen-bond donors (Lipinski definition) is 1. The van der Waals surface area contributed by atoms with E-state index in [4.69, 9.17) is 14.7 Å². The maximum absolute atomic E-state index is 5.91. The first-order chi connectivity index (χ1) is 18.5. The highest BCUT2D eigenvalue weighted by Crippen LogP contribution is 2.25. The van der Waals surface area contributed by atoms with Crippen molar-refractivity contribution in [2.24, 2.45) is 0 Å². The molecule has 1 aromatic heterocycles. The third-order valence-electron chi connectivity index (χ3n) is 6.62. The van der Waals surface area contributed by atoms with Gasteiger partial charge >= 0.3 is 0 Å². The second-order valence-electron chi connectivity index (χ2n) is 9.48. The van der Waals surface area contributed by atoms with Gasteiger partial charge in [-0.15, -0.1) is 0 Å². The Morgan fingerprint density at radius 1 is 0.947 bits per heavy atom. The van der Waals surface area contributed by atoms with Crippen molar-refractivity contribution in [2.75, 3.05) is 25.0 Å². The van der Waals surface area contributed by atoms with E-state index in [1.54, 1.807) is 0 Å². The van der Waals surface area contributed by atoms with E-state index < -0.39 is 0 Å². The number of nitrogens with one attached hydrogen (secondary N) is 1. The number of halogens is 1. The van der Waals surface area contributed by atoms with Crippen LogP contribution >= 0.6 is 22.6 Å². The molecule has 0 spiro atoms. The second-order valence-corrected chi connectivity index (χ2v) is 10.7. The smallest absolute Gasteiger partial charge is 0.154 e. The minimum atomic E-state index is 0.321. The average Bonchev–Trinajstić information content (AvgIpc) is 2.94. The maximum Gasteiger partial charge on any atom is 0.154 e. The molecule has 4 rings (SSSR count). The van der Waals surface area contributed by atoms with Crippen molar-refractivity contribution in [3.63, 3.8) is 0 Å². The molecule has 6 heteroatoms. The number of anilines is 1. The number of hydrogen-bond acceptors (Lipinski definition) is 5. The molecule has 0 radical (unpaired) electrons. The minimum absolute atomic E-state index is 0.321. The predicted octanol–water partition coefficient (Wildman–Crippen LogP) is 7.91. The maximum atomic E-state index is 5.91. The molecule has 1 N–H and O–H groups in total. The van der Waals surface area contributed by atoms with Gasteiger partial charge in [0, 0.05) is 15.0 Å². The van der Waals surface area contributed by atoms with Crippen LogP contribution in [0.15, 0.2) is 72.8 Å². The van der Waals surface area contributed by atoms with Gasteiger partial charge in [-0.25, -0.2) is 9.97 Å². The van der Waals surface area contributed by atoms with Crippen molar-refractivity contribution < 1.29 is 4.74 Å². The molecule has 198 valence electrons. The Bertz CT molecular complexity index is 1320. The van der Waals surface area contributed by atoms with Gasteiger partial charge in [0.2, 0.25) is 0 Å². The van der Waals surface area contributed by atoms with Crippen LogP contribution in [0.5, 0.6) is 5.75 Å². The third-order valence-corrected chi connectivity index (χ3v) is 7.29. The van der Waals surface area contributed by atoms with Crippen LogP contribution in [-0.2, 0) is 6.61 Å². The molecular formula is C32H37IN4O. The van der Waals surface area contributed by atoms with Crippen LogP contribution in [0.2, 0.25) is 0 Å². The summed E-state index contributed by atoms with van der Waals surface area (Å²) in [7, 11) is 0. The molecule has 0 fully saturated rings. The van der Waals surface area contributed by atoms with E-state index in [1.165, 1.54) is 3.57 Å². The van der Waals surface area contributed by atoms with Crippen molar-refractivity contribution in [3.05, 3.63) is 93.3 Å². The van der Waals surface area contributed by atoms with E-state index in [2.05, 4.69) is 96.0 Å². The van der Waals surface area contributed by atoms with Crippen LogP contribution in [0, 0.1) is 3.57 Å². The molecule has 38 heavy (non-hydrogen) atoms. The zero-order valence-corrected chi connectivity index (χ0v) is 24.7. The van der Waals surface area contributed by atoms with Crippen molar-refractivity contribution in [3.8, 4) is 5.75 Å². The first-order valence-corrected chi connectivity index (χ1v) is 14.5. The first kappa shape index (κ1) is 28.0. The third kappa shape index (κ3) is 8.27. The Balaban J connectivity index is 1.44. The molecule has 3 aromatic carbocycles. The normalized spacial score (nSPS) is 12.3. The summed E-state index contributed by atoms with van der Waals surface area (Å²) >= 11 is 2.35. The second kappa shape index (κ2) is 14.3. The number of benzene rings is 3. The molecule has 0 aliphatic carbocycles. The van der Waals surface area contributed by atoms with E-state index in [0.717, 1.165) is 66.1 Å². The molecule has 0 aliphatic heterocycles. The van der Waals surface area contributed by atoms with Gasteiger partial charge in [0.05, 0.1) is 5.52 Å². The molecule has 1 heterocycles. The van der Waals surface area contributed by atoms with Crippen LogP contribution in [0.4, 0.5) is 5.82 Å². The number of fused-ring (bicyclic) bond motifs is 1. The van der Waals surface area contributed by atoms with Gasteiger partial charge in [-0.05, 0) is 110 Å². The fourth-order valence-corrected chi connectivity index (χ4v) is 4.85. The summed E-state index contributed by atoms with van der Waals surface area (Å²) in [6.45, 7) is 10.6. The van der Waals surface area contributed by atoms with E-state index in [0.29, 0.717) is 18.5 Å². The van der Waals surface area contributed by atoms with Gasteiger partial charge in [0.1, 0.15) is 18.2 Å². The van der Waals surface area contributed by atoms with Gasteiger partial charge in [0.15, 0.2) is 5.82 Å². The largest absolute Gasteiger partial charge is 0.489 e. The summed E-state index contributed by atoms with van der Waals surface area (Å²) in [6.07, 6.45) is 6.28. The Hall–Kier alpha value is -2.97. The topological polar surface area (TPSA) is 50.3 Å². The van der Waals surface area contributed by atoms with E-state index >= 15 is 0 Å². The highest BCUT2D eigenvalue weighted by Gasteiger charge is 2.11. The van der Waals surface area contributed by atoms with E-state index in [1.807, 2.05) is 42.5 Å². The number of nitrogens with zero attached hydrogens (tertiary/aromatic N) is 3. The molecule has 4 aromatic rings. The lowest BCUT2D eigenvalue weighted by Crippen LogP contribution is -2.25. The summed E-state index contributed by atoms with van der Waals surface area (Å²) in [5.41, 5.74) is 3.17. The summed E-state index contributed by atoms with van der Waals surface area (Å²) < 4.78 is 7.09. The predicted molar refractivity (Wildman–Crippen MR) is 169 cm³/mol. The number of aromatic nitrogens is 2. The lowest BCUT2D eigenvalue weighted by molar-refractivity contribution is 0.295. The van der Waals surface area contributed by atoms with Crippen molar-refractivity contribution in [1.29, 1.82) is 0 Å². The molecule has 0 aliphatic rings. The summed E-state index contributed by atoms with van der Waals surface area (Å²) in [4.78, 5) is 12.2. The van der Waals surface area contributed by atoms with Gasteiger partial charge in [-0.2, -0.15) is 0 Å². The van der Waals surface area contributed by atoms with Crippen LogP contribution in [0.3, 0.4) is 0 Å². The van der Waals surface area contributed by atoms with Gasteiger partial charge < -0.3 is 15.0 Å². The Kier molecular flexibility index (Phi) is 10.5. The van der Waals surface area contributed by atoms with Crippen molar-refractivity contribution >= 4 is 51.5 Å². The lowest BCUT2D eigenvalue weighted by atomic mass is 10.1. The van der Waals surface area contributed by atoms with E-state index in [-0.39, 0.29) is 0 Å². The molecule has 5 nitrogen and oxygen atoms in total. The van der Waals surface area contributed by atoms with Crippen LogP contribution in [0.25, 0.3) is 23.1 Å². The van der Waals surface area contributed by atoms with Crippen LogP contribution in [-0.4, -0.2) is 40.5 Å². The Labute approximate surface area is 240 Å². The lowest BCUT2D eigenvalue weighted by Gasteiger charge is -2.20. The highest BCUT2D eigenvalue weighted by atomic mass is 127. The molecule has 0 bridgehead atoms. The monoisotopic (exact) mass is 620 g/mol. The molecular weight excluding hydrogens is 583 g/mol. The van der Waals surface area contributed by atoms with Gasteiger partial charge in [0.25, 0.3) is 0 Å². The van der Waals surface area contributed by atoms with E-state index in [9.17, 15) is 0 Å².